The third-order valence-electron chi connectivity index (χ3n) is 2.80. The average molecular weight is 211 g/mol. The van der Waals surface area contributed by atoms with Crippen LogP contribution in [0, 0.1) is 0 Å². The lowest BCUT2D eigenvalue weighted by atomic mass is 10.2. The van der Waals surface area contributed by atoms with Gasteiger partial charge in [0.25, 0.3) is 0 Å². The molecular formula is C13H13N3. The number of aromatic nitrogens is 2. The van der Waals surface area contributed by atoms with Crippen LogP contribution in [0.5, 0.6) is 0 Å². The van der Waals surface area contributed by atoms with Crippen molar-refractivity contribution < 1.29 is 0 Å². The van der Waals surface area contributed by atoms with Crippen LogP contribution in [0.2, 0.25) is 0 Å². The Morgan fingerprint density at radius 1 is 1.19 bits per heavy atom. The number of imidazole rings is 1. The van der Waals surface area contributed by atoms with Gasteiger partial charge in [0.2, 0.25) is 0 Å². The van der Waals surface area contributed by atoms with E-state index in [9.17, 15) is 0 Å². The number of pyridine rings is 1. The molecule has 0 saturated heterocycles. The molecule has 0 spiro atoms. The van der Waals surface area contributed by atoms with Crippen LogP contribution in [0.1, 0.15) is 5.69 Å². The van der Waals surface area contributed by atoms with Crippen LogP contribution >= 0.6 is 0 Å². The minimum atomic E-state index is 0.641. The molecule has 0 fully saturated rings. The molecule has 0 aliphatic carbocycles. The summed E-state index contributed by atoms with van der Waals surface area (Å²) in [5.41, 5.74) is 7.62. The molecule has 3 rings (SSSR count). The van der Waals surface area contributed by atoms with Crippen molar-refractivity contribution in [1.29, 1.82) is 0 Å². The predicted octanol–water partition coefficient (Wildman–Crippen LogP) is 1.99. The van der Waals surface area contributed by atoms with Crippen LogP contribution in [0.15, 0.2) is 42.7 Å². The van der Waals surface area contributed by atoms with E-state index in [1.54, 1.807) is 0 Å². The number of nitrogens with zero attached hydrogens (tertiary/aromatic N) is 2. The van der Waals surface area contributed by atoms with Crippen molar-refractivity contribution >= 4 is 16.4 Å². The lowest BCUT2D eigenvalue weighted by molar-refractivity contribution is 0.937. The predicted molar refractivity (Wildman–Crippen MR) is 65.5 cm³/mol. The standard InChI is InChI=1S/C13H13N3/c14-7-5-11-9-16-8-6-10-3-1-2-4-12(10)13(16)15-11/h1-4,6,8-9H,5,7,14H2. The van der Waals surface area contributed by atoms with Crippen molar-refractivity contribution in [2.45, 2.75) is 6.42 Å². The molecule has 2 heterocycles. The van der Waals surface area contributed by atoms with Crippen molar-refractivity contribution in [2.75, 3.05) is 6.54 Å². The molecule has 3 aromatic rings. The van der Waals surface area contributed by atoms with E-state index in [1.165, 1.54) is 10.8 Å². The van der Waals surface area contributed by atoms with Crippen LogP contribution < -0.4 is 5.73 Å². The summed E-state index contributed by atoms with van der Waals surface area (Å²) >= 11 is 0. The number of hydrogen-bond donors (Lipinski definition) is 1. The van der Waals surface area contributed by atoms with Gasteiger partial charge in [-0.2, -0.15) is 0 Å². The third kappa shape index (κ3) is 1.37. The van der Waals surface area contributed by atoms with Gasteiger partial charge in [-0.15, -0.1) is 0 Å². The Balaban J connectivity index is 2.32. The fourth-order valence-corrected chi connectivity index (χ4v) is 2.03. The molecule has 0 radical (unpaired) electrons. The first-order valence-corrected chi connectivity index (χ1v) is 5.44. The van der Waals surface area contributed by atoms with Gasteiger partial charge in [-0.05, 0) is 18.0 Å². The van der Waals surface area contributed by atoms with Crippen molar-refractivity contribution in [2.24, 2.45) is 5.73 Å². The summed E-state index contributed by atoms with van der Waals surface area (Å²) in [6.07, 6.45) is 4.93. The van der Waals surface area contributed by atoms with Gasteiger partial charge in [0, 0.05) is 24.2 Å². The van der Waals surface area contributed by atoms with Gasteiger partial charge in [0.15, 0.2) is 0 Å². The normalized spacial score (nSPS) is 11.3. The van der Waals surface area contributed by atoms with Gasteiger partial charge in [-0.1, -0.05) is 24.3 Å². The van der Waals surface area contributed by atoms with E-state index in [4.69, 9.17) is 5.73 Å². The first kappa shape index (κ1) is 9.36. The Morgan fingerprint density at radius 3 is 2.94 bits per heavy atom. The molecule has 16 heavy (non-hydrogen) atoms. The molecule has 2 N–H and O–H groups in total. The number of nitrogens with two attached hydrogens (primary N) is 1. The lowest BCUT2D eigenvalue weighted by Crippen LogP contribution is -2.02. The number of rotatable bonds is 2. The molecule has 2 aromatic heterocycles. The Labute approximate surface area is 93.5 Å². The van der Waals surface area contributed by atoms with Crippen LogP contribution in [-0.2, 0) is 6.42 Å². The Kier molecular flexibility index (Phi) is 2.11. The average Bonchev–Trinajstić information content (AvgIpc) is 2.72. The van der Waals surface area contributed by atoms with Gasteiger partial charge in [0.05, 0.1) is 5.69 Å². The zero-order valence-electron chi connectivity index (χ0n) is 8.93. The summed E-state index contributed by atoms with van der Waals surface area (Å²) in [6.45, 7) is 0.641. The maximum atomic E-state index is 5.55. The summed E-state index contributed by atoms with van der Waals surface area (Å²) in [7, 11) is 0. The third-order valence-corrected chi connectivity index (χ3v) is 2.80. The smallest absolute Gasteiger partial charge is 0.144 e. The lowest BCUT2D eigenvalue weighted by Gasteiger charge is -1.98. The molecule has 0 bridgehead atoms. The van der Waals surface area contributed by atoms with Crippen molar-refractivity contribution in [3.63, 3.8) is 0 Å². The van der Waals surface area contributed by atoms with Crippen LogP contribution in [0.25, 0.3) is 16.4 Å². The van der Waals surface area contributed by atoms with E-state index >= 15 is 0 Å². The fraction of sp³-hybridized carbons (Fsp3) is 0.154. The van der Waals surface area contributed by atoms with Crippen molar-refractivity contribution in [3.05, 3.63) is 48.4 Å². The second kappa shape index (κ2) is 3.61. The summed E-state index contributed by atoms with van der Waals surface area (Å²) in [5, 5.41) is 2.41. The first-order valence-electron chi connectivity index (χ1n) is 5.44. The van der Waals surface area contributed by atoms with Gasteiger partial charge in [-0.25, -0.2) is 4.98 Å². The topological polar surface area (TPSA) is 43.3 Å². The quantitative estimate of drug-likeness (QED) is 0.704. The van der Waals surface area contributed by atoms with Crippen molar-refractivity contribution in [1.82, 2.24) is 9.38 Å². The van der Waals surface area contributed by atoms with Gasteiger partial charge >= 0.3 is 0 Å². The van der Waals surface area contributed by atoms with Crippen LogP contribution in [-0.4, -0.2) is 15.9 Å². The Morgan fingerprint density at radius 2 is 2.06 bits per heavy atom. The molecular weight excluding hydrogens is 198 g/mol. The molecule has 0 aliphatic rings. The molecule has 0 unspecified atom stereocenters. The highest BCUT2D eigenvalue weighted by Crippen LogP contribution is 2.19. The largest absolute Gasteiger partial charge is 0.330 e. The molecule has 0 saturated carbocycles. The van der Waals surface area contributed by atoms with Gasteiger partial charge in [-0.3, -0.25) is 0 Å². The highest BCUT2D eigenvalue weighted by Gasteiger charge is 2.04. The Hall–Kier alpha value is -1.87. The second-order valence-corrected chi connectivity index (χ2v) is 3.90. The van der Waals surface area contributed by atoms with E-state index in [1.807, 2.05) is 18.3 Å². The monoisotopic (exact) mass is 211 g/mol. The second-order valence-electron chi connectivity index (χ2n) is 3.90. The van der Waals surface area contributed by atoms with E-state index in [2.05, 4.69) is 33.8 Å². The molecule has 0 amide bonds. The van der Waals surface area contributed by atoms with Gasteiger partial charge in [0.1, 0.15) is 5.65 Å². The van der Waals surface area contributed by atoms with E-state index < -0.39 is 0 Å². The minimum Gasteiger partial charge on any atom is -0.330 e. The molecule has 1 aromatic carbocycles. The van der Waals surface area contributed by atoms with E-state index in [0.717, 1.165) is 17.8 Å². The molecule has 0 aliphatic heterocycles. The first-order chi connectivity index (χ1) is 7.88. The van der Waals surface area contributed by atoms with Crippen LogP contribution in [0.3, 0.4) is 0 Å². The highest BCUT2D eigenvalue weighted by atomic mass is 15.0. The van der Waals surface area contributed by atoms with Crippen molar-refractivity contribution in [3.8, 4) is 0 Å². The zero-order valence-corrected chi connectivity index (χ0v) is 8.93. The number of benzene rings is 1. The summed E-state index contributed by atoms with van der Waals surface area (Å²) < 4.78 is 2.06. The maximum Gasteiger partial charge on any atom is 0.144 e. The number of hydrogen-bond acceptors (Lipinski definition) is 2. The summed E-state index contributed by atoms with van der Waals surface area (Å²) in [4.78, 5) is 4.61. The maximum absolute atomic E-state index is 5.55. The summed E-state index contributed by atoms with van der Waals surface area (Å²) in [6, 6.07) is 10.4. The van der Waals surface area contributed by atoms with Crippen LogP contribution in [0.4, 0.5) is 0 Å². The summed E-state index contributed by atoms with van der Waals surface area (Å²) in [5.74, 6) is 0. The SMILES string of the molecule is NCCc1cn2ccc3ccccc3c2n1. The number of fused-ring (bicyclic) bond motifs is 3. The van der Waals surface area contributed by atoms with E-state index in [-0.39, 0.29) is 0 Å². The zero-order chi connectivity index (χ0) is 11.0. The molecule has 3 heteroatoms. The highest BCUT2D eigenvalue weighted by molar-refractivity contribution is 5.93. The molecule has 80 valence electrons. The molecule has 3 nitrogen and oxygen atoms in total. The molecule has 0 atom stereocenters. The Bertz CT molecular complexity index is 640. The van der Waals surface area contributed by atoms with Gasteiger partial charge < -0.3 is 10.1 Å². The minimum absolute atomic E-state index is 0.641. The van der Waals surface area contributed by atoms with E-state index in [0.29, 0.717) is 6.54 Å². The fourth-order valence-electron chi connectivity index (χ4n) is 2.03.